The maximum atomic E-state index is 11.9. The van der Waals surface area contributed by atoms with Crippen LogP contribution in [0.15, 0.2) is 53.3 Å². The predicted octanol–water partition coefficient (Wildman–Crippen LogP) is 3.12. The Bertz CT molecular complexity index is 852. The molecule has 0 aliphatic heterocycles. The number of benzene rings is 1. The summed E-state index contributed by atoms with van der Waals surface area (Å²) in [6.07, 6.45) is 0. The van der Waals surface area contributed by atoms with Gasteiger partial charge in [-0.05, 0) is 31.5 Å². The lowest BCUT2D eigenvalue weighted by atomic mass is 10.1. The van der Waals surface area contributed by atoms with Crippen molar-refractivity contribution in [2.24, 2.45) is 0 Å². The van der Waals surface area contributed by atoms with Crippen LogP contribution in [0.5, 0.6) is 0 Å². The molecule has 0 atom stereocenters. The summed E-state index contributed by atoms with van der Waals surface area (Å²) in [5, 5.41) is 0. The Balaban J connectivity index is 2.18. The van der Waals surface area contributed by atoms with Gasteiger partial charge < -0.3 is 4.98 Å². The van der Waals surface area contributed by atoms with Crippen LogP contribution in [-0.4, -0.2) is 15.0 Å². The van der Waals surface area contributed by atoms with Gasteiger partial charge >= 0.3 is 0 Å². The Morgan fingerprint density at radius 2 is 1.71 bits per heavy atom. The Morgan fingerprint density at radius 1 is 0.905 bits per heavy atom. The Hall–Kier alpha value is -2.75. The number of aromatic amines is 1. The first-order valence-corrected chi connectivity index (χ1v) is 6.75. The number of aryl methyl sites for hydroxylation is 2. The van der Waals surface area contributed by atoms with E-state index >= 15 is 0 Å². The van der Waals surface area contributed by atoms with Crippen LogP contribution in [0.1, 0.15) is 11.3 Å². The normalized spacial score (nSPS) is 10.6. The third-order valence-electron chi connectivity index (χ3n) is 3.29. The van der Waals surface area contributed by atoms with Gasteiger partial charge in [-0.1, -0.05) is 30.3 Å². The van der Waals surface area contributed by atoms with Gasteiger partial charge in [-0.3, -0.25) is 4.79 Å². The third kappa shape index (κ3) is 2.74. The lowest BCUT2D eigenvalue weighted by molar-refractivity contribution is 1.09. The number of rotatable bonds is 2. The minimum atomic E-state index is -0.179. The highest BCUT2D eigenvalue weighted by Crippen LogP contribution is 2.21. The van der Waals surface area contributed by atoms with Crippen LogP contribution < -0.4 is 5.56 Å². The zero-order valence-electron chi connectivity index (χ0n) is 11.9. The van der Waals surface area contributed by atoms with Crippen LogP contribution in [0.3, 0.4) is 0 Å². The van der Waals surface area contributed by atoms with Crippen molar-refractivity contribution < 1.29 is 0 Å². The lowest BCUT2D eigenvalue weighted by Crippen LogP contribution is -2.09. The van der Waals surface area contributed by atoms with Crippen LogP contribution in [-0.2, 0) is 0 Å². The number of H-pyrrole nitrogens is 1. The number of nitrogens with one attached hydrogen (secondary N) is 1. The highest BCUT2D eigenvalue weighted by atomic mass is 16.1. The van der Waals surface area contributed by atoms with E-state index in [9.17, 15) is 4.79 Å². The molecule has 0 aliphatic carbocycles. The maximum Gasteiger partial charge on any atom is 0.251 e. The molecule has 2 aromatic heterocycles. The van der Waals surface area contributed by atoms with E-state index in [-0.39, 0.29) is 5.56 Å². The Morgan fingerprint density at radius 3 is 2.48 bits per heavy atom. The molecular weight excluding hydrogens is 262 g/mol. The first-order chi connectivity index (χ1) is 10.1. The molecule has 1 N–H and O–H groups in total. The van der Waals surface area contributed by atoms with Crippen molar-refractivity contribution in [3.63, 3.8) is 0 Å². The number of nitrogens with zero attached hydrogens (tertiary/aromatic N) is 2. The molecule has 0 amide bonds. The van der Waals surface area contributed by atoms with Gasteiger partial charge in [-0.25, -0.2) is 9.97 Å². The predicted molar refractivity (Wildman–Crippen MR) is 83.0 cm³/mol. The second-order valence-corrected chi connectivity index (χ2v) is 4.96. The van der Waals surface area contributed by atoms with Crippen molar-refractivity contribution in [1.82, 2.24) is 15.0 Å². The topological polar surface area (TPSA) is 58.6 Å². The largest absolute Gasteiger partial charge is 0.305 e. The van der Waals surface area contributed by atoms with Gasteiger partial charge in [0, 0.05) is 17.3 Å². The van der Waals surface area contributed by atoms with E-state index in [2.05, 4.69) is 15.0 Å². The van der Waals surface area contributed by atoms with Gasteiger partial charge in [0.1, 0.15) is 5.69 Å². The molecule has 0 fully saturated rings. The van der Waals surface area contributed by atoms with Crippen molar-refractivity contribution in [3.8, 4) is 22.8 Å². The quantitative estimate of drug-likeness (QED) is 0.783. The number of hydrogen-bond acceptors (Lipinski definition) is 3. The molecule has 2 heterocycles. The molecule has 0 bridgehead atoms. The average Bonchev–Trinajstić information content (AvgIpc) is 2.47. The summed E-state index contributed by atoms with van der Waals surface area (Å²) >= 11 is 0. The van der Waals surface area contributed by atoms with E-state index in [1.165, 1.54) is 6.07 Å². The van der Waals surface area contributed by atoms with Crippen molar-refractivity contribution >= 4 is 0 Å². The fourth-order valence-electron chi connectivity index (χ4n) is 2.25. The van der Waals surface area contributed by atoms with Crippen LogP contribution in [0.25, 0.3) is 22.8 Å². The summed E-state index contributed by atoms with van der Waals surface area (Å²) < 4.78 is 0. The number of pyridine rings is 1. The zero-order valence-corrected chi connectivity index (χ0v) is 11.9. The van der Waals surface area contributed by atoms with E-state index in [4.69, 9.17) is 0 Å². The minimum absolute atomic E-state index is 0.179. The summed E-state index contributed by atoms with van der Waals surface area (Å²) in [5.41, 5.74) is 4.08. The Labute approximate surface area is 122 Å². The molecule has 0 unspecified atom stereocenters. The smallest absolute Gasteiger partial charge is 0.251 e. The number of aromatic nitrogens is 3. The van der Waals surface area contributed by atoms with Gasteiger partial charge in [0.25, 0.3) is 5.56 Å². The highest BCUT2D eigenvalue weighted by Gasteiger charge is 2.08. The molecule has 0 saturated carbocycles. The standard InChI is InChI=1S/C17H15N3O/c1-11-6-3-4-8-13(11)15-10-16(21)20-17(19-15)14-9-5-7-12(2)18-14/h3-10H,1-2H3,(H,19,20,21). The van der Waals surface area contributed by atoms with E-state index in [1.807, 2.05) is 56.3 Å². The molecule has 0 aliphatic rings. The van der Waals surface area contributed by atoms with E-state index in [1.54, 1.807) is 0 Å². The summed E-state index contributed by atoms with van der Waals surface area (Å²) in [6.45, 7) is 3.91. The highest BCUT2D eigenvalue weighted by molar-refractivity contribution is 5.65. The molecule has 3 aromatic rings. The number of hydrogen-bond donors (Lipinski definition) is 1. The molecule has 0 saturated heterocycles. The van der Waals surface area contributed by atoms with E-state index in [0.29, 0.717) is 17.2 Å². The Kier molecular flexibility index (Phi) is 3.36. The molecule has 4 nitrogen and oxygen atoms in total. The van der Waals surface area contributed by atoms with Gasteiger partial charge in [-0.15, -0.1) is 0 Å². The lowest BCUT2D eigenvalue weighted by Gasteiger charge is -2.07. The summed E-state index contributed by atoms with van der Waals surface area (Å²) in [4.78, 5) is 23.6. The first kappa shape index (κ1) is 13.2. The monoisotopic (exact) mass is 277 g/mol. The maximum absolute atomic E-state index is 11.9. The molecule has 3 rings (SSSR count). The first-order valence-electron chi connectivity index (χ1n) is 6.75. The van der Waals surface area contributed by atoms with Crippen LogP contribution in [0.2, 0.25) is 0 Å². The van der Waals surface area contributed by atoms with Crippen molar-refractivity contribution in [2.75, 3.05) is 0 Å². The summed E-state index contributed by atoms with van der Waals surface area (Å²) in [6, 6.07) is 15.0. The molecule has 0 spiro atoms. The fourth-order valence-corrected chi connectivity index (χ4v) is 2.25. The molecule has 104 valence electrons. The molecular formula is C17H15N3O. The minimum Gasteiger partial charge on any atom is -0.305 e. The van der Waals surface area contributed by atoms with Crippen molar-refractivity contribution in [3.05, 3.63) is 70.1 Å². The molecule has 21 heavy (non-hydrogen) atoms. The van der Waals surface area contributed by atoms with Crippen LogP contribution in [0, 0.1) is 13.8 Å². The molecule has 1 aromatic carbocycles. The van der Waals surface area contributed by atoms with Gasteiger partial charge in [-0.2, -0.15) is 0 Å². The molecule has 4 heteroatoms. The third-order valence-corrected chi connectivity index (χ3v) is 3.29. The van der Waals surface area contributed by atoms with Gasteiger partial charge in [0.2, 0.25) is 0 Å². The fraction of sp³-hybridized carbons (Fsp3) is 0.118. The summed E-state index contributed by atoms with van der Waals surface area (Å²) in [5.74, 6) is 0.490. The van der Waals surface area contributed by atoms with Gasteiger partial charge in [0.05, 0.1) is 5.69 Å². The van der Waals surface area contributed by atoms with Gasteiger partial charge in [0.15, 0.2) is 5.82 Å². The second-order valence-electron chi connectivity index (χ2n) is 4.96. The van der Waals surface area contributed by atoms with Crippen LogP contribution in [0.4, 0.5) is 0 Å². The zero-order chi connectivity index (χ0) is 14.8. The van der Waals surface area contributed by atoms with Crippen LogP contribution >= 0.6 is 0 Å². The van der Waals surface area contributed by atoms with E-state index < -0.39 is 0 Å². The van der Waals surface area contributed by atoms with Crippen molar-refractivity contribution in [2.45, 2.75) is 13.8 Å². The van der Waals surface area contributed by atoms with Crippen molar-refractivity contribution in [1.29, 1.82) is 0 Å². The second kappa shape index (κ2) is 5.32. The average molecular weight is 277 g/mol. The SMILES string of the molecule is Cc1cccc(-c2nc(-c3ccccc3C)cc(=O)[nH]2)n1. The molecule has 0 radical (unpaired) electrons. The van der Waals surface area contributed by atoms with E-state index in [0.717, 1.165) is 16.8 Å². The summed E-state index contributed by atoms with van der Waals surface area (Å²) in [7, 11) is 0.